The summed E-state index contributed by atoms with van der Waals surface area (Å²) >= 11 is 0. The number of esters is 2. The standard InChI is InChI=1S/C64H124NO8P/c1-3-5-7-9-11-13-15-17-18-19-20-21-22-23-24-25-26-27-28-29-30-31-32-33-34-35-36-37-38-39-40-41-42-43-44-45-47-49-51-53-55-57-64(67)73-62(61-72-74(68,69)71-59-58-65)60-70-63(66)56-54-52-50-48-46-16-14-12-10-8-6-4-2/h12,14,19-20,62H,3-11,13,15-18,21-61,65H2,1-2H3,(H,68,69)/b14-12-,20-19-. The van der Waals surface area contributed by atoms with E-state index in [0.29, 0.717) is 6.42 Å². The van der Waals surface area contributed by atoms with Crippen LogP contribution in [0.2, 0.25) is 0 Å². The third kappa shape index (κ3) is 59.7. The molecule has 3 N–H and O–H groups in total. The van der Waals surface area contributed by atoms with E-state index in [1.54, 1.807) is 0 Å². The van der Waals surface area contributed by atoms with Crippen LogP contribution in [0.3, 0.4) is 0 Å². The van der Waals surface area contributed by atoms with Crippen molar-refractivity contribution < 1.29 is 37.6 Å². The highest BCUT2D eigenvalue weighted by Gasteiger charge is 2.26. The number of phosphoric ester groups is 1. The molecule has 0 aromatic rings. The molecule has 2 atom stereocenters. The SMILES string of the molecule is CCCCC/C=C\CCCCCCCC(=O)OCC(COP(=O)(O)OCCN)OC(=O)CCCCCCCCCCCCCCCCCCCCCCCCCCCCCCC/C=C\CCCCCCCCCC. The van der Waals surface area contributed by atoms with E-state index < -0.39 is 26.5 Å². The first kappa shape index (κ1) is 72.5. The number of hydrogen-bond donors (Lipinski definition) is 2. The molecule has 0 aliphatic carbocycles. The second kappa shape index (κ2) is 60.7. The number of carbonyl (C=O) groups is 2. The van der Waals surface area contributed by atoms with Gasteiger partial charge in [-0.1, -0.05) is 289 Å². The highest BCUT2D eigenvalue weighted by Crippen LogP contribution is 2.43. The largest absolute Gasteiger partial charge is 0.472 e. The lowest BCUT2D eigenvalue weighted by Gasteiger charge is -2.19. The van der Waals surface area contributed by atoms with E-state index in [2.05, 4.69) is 38.2 Å². The van der Waals surface area contributed by atoms with Crippen molar-refractivity contribution in [1.29, 1.82) is 0 Å². The fraction of sp³-hybridized carbons (Fsp3) is 0.906. The first-order valence-electron chi connectivity index (χ1n) is 32.3. The molecule has 0 radical (unpaired) electrons. The lowest BCUT2D eigenvalue weighted by Crippen LogP contribution is -2.29. The molecule has 0 aromatic heterocycles. The summed E-state index contributed by atoms with van der Waals surface area (Å²) in [5.41, 5.74) is 5.37. The van der Waals surface area contributed by atoms with Crippen LogP contribution in [0, 0.1) is 0 Å². The van der Waals surface area contributed by atoms with Crippen molar-refractivity contribution in [2.24, 2.45) is 5.73 Å². The van der Waals surface area contributed by atoms with Crippen molar-refractivity contribution >= 4 is 19.8 Å². The second-order valence-electron chi connectivity index (χ2n) is 22.0. The fourth-order valence-corrected chi connectivity index (χ4v) is 10.5. The van der Waals surface area contributed by atoms with E-state index in [-0.39, 0.29) is 38.6 Å². The number of hydrogen-bond acceptors (Lipinski definition) is 8. The first-order valence-corrected chi connectivity index (χ1v) is 33.8. The molecule has 0 fully saturated rings. The topological polar surface area (TPSA) is 134 Å². The van der Waals surface area contributed by atoms with Gasteiger partial charge in [-0.25, -0.2) is 4.57 Å². The maximum absolute atomic E-state index is 12.7. The van der Waals surface area contributed by atoms with Gasteiger partial charge < -0.3 is 20.1 Å². The summed E-state index contributed by atoms with van der Waals surface area (Å²) in [7, 11) is -4.38. The lowest BCUT2D eigenvalue weighted by molar-refractivity contribution is -0.161. The van der Waals surface area contributed by atoms with Crippen LogP contribution in [0.15, 0.2) is 24.3 Å². The van der Waals surface area contributed by atoms with Crippen LogP contribution in [-0.4, -0.2) is 49.3 Å². The molecule has 10 heteroatoms. The molecule has 0 saturated carbocycles. The zero-order valence-corrected chi connectivity index (χ0v) is 50.0. The molecular formula is C64H124NO8P. The highest BCUT2D eigenvalue weighted by molar-refractivity contribution is 7.47. The lowest BCUT2D eigenvalue weighted by atomic mass is 10.0. The predicted molar refractivity (Wildman–Crippen MR) is 317 cm³/mol. The Labute approximate surface area is 459 Å². The summed E-state index contributed by atoms with van der Waals surface area (Å²) in [5.74, 6) is -0.823. The van der Waals surface area contributed by atoms with E-state index in [0.717, 1.165) is 51.4 Å². The first-order chi connectivity index (χ1) is 36.3. The average Bonchev–Trinajstić information content (AvgIpc) is 3.39. The van der Waals surface area contributed by atoms with E-state index in [1.807, 2.05) is 0 Å². The molecule has 0 aliphatic heterocycles. The van der Waals surface area contributed by atoms with Crippen molar-refractivity contribution in [3.63, 3.8) is 0 Å². The Bertz CT molecular complexity index is 1260. The summed E-state index contributed by atoms with van der Waals surface area (Å²) in [5, 5.41) is 0. The van der Waals surface area contributed by atoms with Crippen LogP contribution in [0.4, 0.5) is 0 Å². The zero-order chi connectivity index (χ0) is 53.8. The third-order valence-electron chi connectivity index (χ3n) is 14.6. The third-order valence-corrected chi connectivity index (χ3v) is 15.5. The van der Waals surface area contributed by atoms with Crippen molar-refractivity contribution in [2.45, 2.75) is 347 Å². The van der Waals surface area contributed by atoms with E-state index >= 15 is 0 Å². The van der Waals surface area contributed by atoms with Crippen LogP contribution >= 0.6 is 7.82 Å². The summed E-state index contributed by atoms with van der Waals surface area (Å²) in [6.45, 7) is 3.75. The molecule has 9 nitrogen and oxygen atoms in total. The van der Waals surface area contributed by atoms with Crippen molar-refractivity contribution in [3.8, 4) is 0 Å². The quantitative estimate of drug-likeness (QED) is 0.0264. The van der Waals surface area contributed by atoms with E-state index in [4.69, 9.17) is 24.3 Å². The molecule has 2 unspecified atom stereocenters. The Hall–Kier alpha value is -1.51. The van der Waals surface area contributed by atoms with Gasteiger partial charge in [-0.2, -0.15) is 0 Å². The number of unbranched alkanes of at least 4 members (excludes halogenated alkanes) is 45. The second-order valence-corrected chi connectivity index (χ2v) is 23.4. The number of ether oxygens (including phenoxy) is 2. The minimum atomic E-state index is -4.38. The summed E-state index contributed by atoms with van der Waals surface area (Å²) < 4.78 is 33.0. The molecule has 74 heavy (non-hydrogen) atoms. The maximum atomic E-state index is 12.7. The number of allylic oxidation sites excluding steroid dienone is 4. The van der Waals surface area contributed by atoms with Gasteiger partial charge in [0.25, 0.3) is 0 Å². The number of carbonyl (C=O) groups excluding carboxylic acids is 2. The van der Waals surface area contributed by atoms with Crippen LogP contribution in [0.1, 0.15) is 341 Å². The van der Waals surface area contributed by atoms with Gasteiger partial charge in [-0.15, -0.1) is 0 Å². The Kier molecular flexibility index (Phi) is 59.5. The summed E-state index contributed by atoms with van der Waals surface area (Å²) in [6.07, 6.45) is 73.0. The van der Waals surface area contributed by atoms with Crippen LogP contribution in [-0.2, 0) is 32.7 Å². The molecule has 0 bridgehead atoms. The normalized spacial score (nSPS) is 13.1. The summed E-state index contributed by atoms with van der Waals surface area (Å²) in [4.78, 5) is 35.1. The van der Waals surface area contributed by atoms with E-state index in [9.17, 15) is 19.0 Å². The minimum absolute atomic E-state index is 0.0549. The van der Waals surface area contributed by atoms with Crippen molar-refractivity contribution in [2.75, 3.05) is 26.4 Å². The van der Waals surface area contributed by atoms with Gasteiger partial charge in [0.1, 0.15) is 6.61 Å². The Balaban J connectivity index is 3.67. The van der Waals surface area contributed by atoms with Crippen LogP contribution < -0.4 is 5.73 Å². The van der Waals surface area contributed by atoms with Gasteiger partial charge >= 0.3 is 19.8 Å². The van der Waals surface area contributed by atoms with Gasteiger partial charge in [0.15, 0.2) is 6.10 Å². The van der Waals surface area contributed by atoms with Gasteiger partial charge in [0, 0.05) is 19.4 Å². The number of nitrogens with two attached hydrogens (primary N) is 1. The smallest absolute Gasteiger partial charge is 0.462 e. The van der Waals surface area contributed by atoms with Crippen LogP contribution in [0.25, 0.3) is 0 Å². The molecule has 438 valence electrons. The van der Waals surface area contributed by atoms with Gasteiger partial charge in [-0.05, 0) is 64.2 Å². The fourth-order valence-electron chi connectivity index (χ4n) is 9.75. The van der Waals surface area contributed by atoms with Crippen molar-refractivity contribution in [1.82, 2.24) is 0 Å². The minimum Gasteiger partial charge on any atom is -0.462 e. The predicted octanol–water partition coefficient (Wildman–Crippen LogP) is 20.6. The Morgan fingerprint density at radius 3 is 0.986 bits per heavy atom. The molecule has 0 aromatic carbocycles. The van der Waals surface area contributed by atoms with Crippen molar-refractivity contribution in [3.05, 3.63) is 24.3 Å². The molecule has 0 spiro atoms. The van der Waals surface area contributed by atoms with E-state index in [1.165, 1.54) is 257 Å². The monoisotopic (exact) mass is 1070 g/mol. The van der Waals surface area contributed by atoms with Gasteiger partial charge in [-0.3, -0.25) is 18.6 Å². The van der Waals surface area contributed by atoms with Gasteiger partial charge in [0.2, 0.25) is 0 Å². The Morgan fingerprint density at radius 2 is 0.662 bits per heavy atom. The zero-order valence-electron chi connectivity index (χ0n) is 49.1. The number of rotatable bonds is 62. The molecular weight excluding hydrogens is 942 g/mol. The van der Waals surface area contributed by atoms with Crippen LogP contribution in [0.5, 0.6) is 0 Å². The molecule has 0 rings (SSSR count). The maximum Gasteiger partial charge on any atom is 0.472 e. The molecule has 0 saturated heterocycles. The molecule has 0 heterocycles. The highest BCUT2D eigenvalue weighted by atomic mass is 31.2. The molecule has 0 aliphatic rings. The number of phosphoric acid groups is 1. The summed E-state index contributed by atoms with van der Waals surface area (Å²) in [6, 6.07) is 0. The molecule has 0 amide bonds. The average molecular weight is 1070 g/mol. The Morgan fingerprint density at radius 1 is 0.392 bits per heavy atom. The van der Waals surface area contributed by atoms with Gasteiger partial charge in [0.05, 0.1) is 13.2 Å².